The van der Waals surface area contributed by atoms with Gasteiger partial charge in [-0.15, -0.1) is 0 Å². The van der Waals surface area contributed by atoms with Gasteiger partial charge in [-0.3, -0.25) is 9.69 Å². The highest BCUT2D eigenvalue weighted by Crippen LogP contribution is 2.18. The van der Waals surface area contributed by atoms with Crippen molar-refractivity contribution in [2.45, 2.75) is 19.8 Å². The molecule has 20 heavy (non-hydrogen) atoms. The van der Waals surface area contributed by atoms with Crippen molar-refractivity contribution in [3.63, 3.8) is 0 Å². The van der Waals surface area contributed by atoms with Gasteiger partial charge in [0.05, 0.1) is 7.11 Å². The van der Waals surface area contributed by atoms with Crippen molar-refractivity contribution >= 4 is 29.3 Å². The quantitative estimate of drug-likeness (QED) is 0.668. The second-order valence-electron chi connectivity index (χ2n) is 4.58. The maximum absolute atomic E-state index is 12.3. The average Bonchev–Trinajstić information content (AvgIpc) is 2.72. The van der Waals surface area contributed by atoms with E-state index in [9.17, 15) is 4.79 Å². The zero-order chi connectivity index (χ0) is 14.5. The first kappa shape index (κ1) is 14.5. The van der Waals surface area contributed by atoms with Crippen LogP contribution < -0.4 is 10.1 Å². The summed E-state index contributed by atoms with van der Waals surface area (Å²) >= 11 is 5.20. The maximum Gasteiger partial charge on any atom is 0.276 e. The van der Waals surface area contributed by atoms with Gasteiger partial charge < -0.3 is 10.1 Å². The molecule has 1 fully saturated rings. The average molecular weight is 290 g/mol. The maximum atomic E-state index is 12.3. The molecule has 1 heterocycles. The number of unbranched alkanes of at least 4 members (excludes halogenated alkanes) is 1. The molecule has 1 aliphatic rings. The third-order valence-corrected chi connectivity index (χ3v) is 3.42. The summed E-state index contributed by atoms with van der Waals surface area (Å²) in [7, 11) is 1.62. The van der Waals surface area contributed by atoms with Gasteiger partial charge in [0.25, 0.3) is 5.91 Å². The summed E-state index contributed by atoms with van der Waals surface area (Å²) < 4.78 is 5.17. The van der Waals surface area contributed by atoms with Gasteiger partial charge in [0.2, 0.25) is 0 Å². The highest BCUT2D eigenvalue weighted by atomic mass is 32.1. The summed E-state index contributed by atoms with van der Waals surface area (Å²) in [6.45, 7) is 2.75. The molecule has 1 saturated heterocycles. The summed E-state index contributed by atoms with van der Waals surface area (Å²) in [6, 6.07) is 7.55. The minimum atomic E-state index is -0.0636. The van der Waals surface area contributed by atoms with E-state index in [0.717, 1.165) is 24.2 Å². The summed E-state index contributed by atoms with van der Waals surface area (Å²) in [5.41, 5.74) is 1.42. The van der Waals surface area contributed by atoms with Crippen molar-refractivity contribution in [2.24, 2.45) is 0 Å². The number of ether oxygens (including phenoxy) is 1. The fraction of sp³-hybridized carbons (Fsp3) is 0.333. The van der Waals surface area contributed by atoms with E-state index >= 15 is 0 Å². The molecule has 1 N–H and O–H groups in total. The second kappa shape index (κ2) is 6.52. The van der Waals surface area contributed by atoms with Crippen LogP contribution in [0.15, 0.2) is 30.0 Å². The Morgan fingerprint density at radius 2 is 2.25 bits per heavy atom. The van der Waals surface area contributed by atoms with Crippen LogP contribution in [-0.2, 0) is 4.79 Å². The highest BCUT2D eigenvalue weighted by Gasteiger charge is 2.29. The minimum absolute atomic E-state index is 0.0636. The number of methoxy groups -OCH3 is 1. The number of hydrogen-bond acceptors (Lipinski definition) is 3. The molecule has 5 heteroatoms. The molecule has 0 saturated carbocycles. The third-order valence-electron chi connectivity index (χ3n) is 3.10. The molecule has 4 nitrogen and oxygen atoms in total. The van der Waals surface area contributed by atoms with Crippen molar-refractivity contribution in [3.8, 4) is 5.75 Å². The lowest BCUT2D eigenvalue weighted by Gasteiger charge is -2.12. The summed E-state index contributed by atoms with van der Waals surface area (Å²) in [5, 5.41) is 3.46. The van der Waals surface area contributed by atoms with Crippen LogP contribution in [0.1, 0.15) is 25.3 Å². The Morgan fingerprint density at radius 3 is 2.95 bits per heavy atom. The summed E-state index contributed by atoms with van der Waals surface area (Å²) in [6.07, 6.45) is 3.77. The predicted octanol–water partition coefficient (Wildman–Crippen LogP) is 2.55. The standard InChI is InChI=1S/C15H18N2O2S/c1-3-4-8-17-14(18)13(16-15(17)20)10-11-6-5-7-12(9-11)19-2/h5-7,9-10H,3-4,8H2,1-2H3,(H,16,20). The Balaban J connectivity index is 2.18. The predicted molar refractivity (Wildman–Crippen MR) is 83.3 cm³/mol. The van der Waals surface area contributed by atoms with Crippen LogP contribution in [0.2, 0.25) is 0 Å². The van der Waals surface area contributed by atoms with Gasteiger partial charge in [-0.1, -0.05) is 25.5 Å². The molecule has 0 aromatic heterocycles. The second-order valence-corrected chi connectivity index (χ2v) is 4.96. The Morgan fingerprint density at radius 1 is 1.45 bits per heavy atom. The number of nitrogens with one attached hydrogen (secondary N) is 1. The molecule has 0 bridgehead atoms. The van der Waals surface area contributed by atoms with Gasteiger partial charge in [-0.2, -0.15) is 0 Å². The van der Waals surface area contributed by atoms with Gasteiger partial charge in [0.1, 0.15) is 11.4 Å². The number of rotatable bonds is 5. The summed E-state index contributed by atoms with van der Waals surface area (Å²) in [5.74, 6) is 0.696. The number of carbonyl (C=O) groups is 1. The molecule has 2 rings (SSSR count). The lowest BCUT2D eigenvalue weighted by atomic mass is 10.2. The first-order valence-electron chi connectivity index (χ1n) is 6.64. The number of amides is 1. The molecule has 0 radical (unpaired) electrons. The first-order valence-corrected chi connectivity index (χ1v) is 7.05. The molecule has 1 aromatic rings. The van der Waals surface area contributed by atoms with Crippen molar-refractivity contribution in [1.82, 2.24) is 10.2 Å². The van der Waals surface area contributed by atoms with Gasteiger partial charge >= 0.3 is 0 Å². The fourth-order valence-electron chi connectivity index (χ4n) is 1.99. The number of thiocarbonyl (C=S) groups is 1. The van der Waals surface area contributed by atoms with Crippen LogP contribution in [-0.4, -0.2) is 29.6 Å². The Kier molecular flexibility index (Phi) is 4.74. The van der Waals surface area contributed by atoms with Crippen molar-refractivity contribution in [1.29, 1.82) is 0 Å². The van der Waals surface area contributed by atoms with Gasteiger partial charge in [-0.05, 0) is 42.4 Å². The number of nitrogens with zero attached hydrogens (tertiary/aromatic N) is 1. The number of benzene rings is 1. The topological polar surface area (TPSA) is 41.6 Å². The zero-order valence-electron chi connectivity index (χ0n) is 11.7. The van der Waals surface area contributed by atoms with E-state index in [1.165, 1.54) is 0 Å². The largest absolute Gasteiger partial charge is 0.497 e. The Hall–Kier alpha value is -1.88. The van der Waals surface area contributed by atoms with Crippen molar-refractivity contribution < 1.29 is 9.53 Å². The van der Waals surface area contributed by atoms with Crippen LogP contribution in [0, 0.1) is 0 Å². The third kappa shape index (κ3) is 3.17. The molecule has 1 amide bonds. The number of carbonyl (C=O) groups excluding carboxylic acids is 1. The summed E-state index contributed by atoms with van der Waals surface area (Å²) in [4.78, 5) is 13.9. The van der Waals surface area contributed by atoms with Crippen molar-refractivity contribution in [3.05, 3.63) is 35.5 Å². The molecule has 0 spiro atoms. The van der Waals surface area contributed by atoms with E-state index in [4.69, 9.17) is 17.0 Å². The van der Waals surface area contributed by atoms with Crippen LogP contribution in [0.4, 0.5) is 0 Å². The van der Waals surface area contributed by atoms with Crippen molar-refractivity contribution in [2.75, 3.05) is 13.7 Å². The number of hydrogen-bond donors (Lipinski definition) is 1. The molecule has 0 atom stereocenters. The molecular weight excluding hydrogens is 272 g/mol. The Bertz CT molecular complexity index is 555. The van der Waals surface area contributed by atoms with Gasteiger partial charge in [-0.25, -0.2) is 0 Å². The Labute approximate surface area is 124 Å². The zero-order valence-corrected chi connectivity index (χ0v) is 12.5. The first-order chi connectivity index (χ1) is 9.65. The minimum Gasteiger partial charge on any atom is -0.497 e. The molecule has 106 valence electrons. The van der Waals surface area contributed by atoms with Crippen LogP contribution in [0.5, 0.6) is 5.75 Å². The molecule has 0 aliphatic carbocycles. The highest BCUT2D eigenvalue weighted by molar-refractivity contribution is 7.80. The van der Waals surface area contributed by atoms with E-state index in [0.29, 0.717) is 17.4 Å². The molecule has 1 aliphatic heterocycles. The van der Waals surface area contributed by atoms with Crippen LogP contribution >= 0.6 is 12.2 Å². The fourth-order valence-corrected chi connectivity index (χ4v) is 2.27. The smallest absolute Gasteiger partial charge is 0.276 e. The van der Waals surface area contributed by atoms with Crippen LogP contribution in [0.25, 0.3) is 6.08 Å². The normalized spacial score (nSPS) is 16.7. The van der Waals surface area contributed by atoms with Gasteiger partial charge in [0.15, 0.2) is 5.11 Å². The lowest BCUT2D eigenvalue weighted by Crippen LogP contribution is -2.31. The van der Waals surface area contributed by atoms with E-state index in [-0.39, 0.29) is 5.91 Å². The van der Waals surface area contributed by atoms with E-state index in [1.807, 2.05) is 24.3 Å². The molecule has 0 unspecified atom stereocenters. The lowest BCUT2D eigenvalue weighted by molar-refractivity contribution is -0.122. The van der Waals surface area contributed by atoms with Gasteiger partial charge in [0, 0.05) is 6.54 Å². The van der Waals surface area contributed by atoms with Crippen LogP contribution in [0.3, 0.4) is 0 Å². The monoisotopic (exact) mass is 290 g/mol. The van der Waals surface area contributed by atoms with E-state index in [1.54, 1.807) is 18.1 Å². The molecular formula is C15H18N2O2S. The molecule has 1 aromatic carbocycles. The van der Waals surface area contributed by atoms with E-state index < -0.39 is 0 Å². The van der Waals surface area contributed by atoms with E-state index in [2.05, 4.69) is 12.2 Å². The SMILES string of the molecule is CCCCN1C(=O)C(=Cc2cccc(OC)c2)NC1=S.